The second kappa shape index (κ2) is 7.76. The fourth-order valence-corrected chi connectivity index (χ4v) is 1.81. The first-order valence-electron chi connectivity index (χ1n) is 7.45. The van der Waals surface area contributed by atoms with E-state index in [0.29, 0.717) is 11.4 Å². The Hall–Kier alpha value is -2.37. The molecule has 0 aliphatic carbocycles. The summed E-state index contributed by atoms with van der Waals surface area (Å²) in [5.41, 5.74) is 1.01. The minimum Gasteiger partial charge on any atom is -0.453 e. The summed E-state index contributed by atoms with van der Waals surface area (Å²) in [6, 6.07) is 6.67. The molecule has 0 heterocycles. The summed E-state index contributed by atoms with van der Waals surface area (Å²) in [5, 5.41) is 5.30. The zero-order valence-corrected chi connectivity index (χ0v) is 14.2. The molecule has 0 bridgehead atoms. The summed E-state index contributed by atoms with van der Waals surface area (Å²) >= 11 is 0. The summed E-state index contributed by atoms with van der Waals surface area (Å²) in [7, 11) is 0. The first-order valence-corrected chi connectivity index (χ1v) is 7.45. The van der Waals surface area contributed by atoms with Crippen molar-refractivity contribution in [2.75, 3.05) is 10.6 Å². The number of rotatable bonds is 5. The molecule has 0 spiro atoms. The molecule has 2 N–H and O–H groups in total. The molecule has 0 aliphatic rings. The molecule has 0 aromatic heterocycles. The van der Waals surface area contributed by atoms with E-state index in [1.54, 1.807) is 24.3 Å². The number of hydrogen-bond acceptors (Lipinski definition) is 4. The van der Waals surface area contributed by atoms with E-state index in [1.165, 1.54) is 13.8 Å². The molecule has 0 saturated heterocycles. The van der Waals surface area contributed by atoms with Crippen LogP contribution in [0.25, 0.3) is 0 Å². The first kappa shape index (κ1) is 18.7. The summed E-state index contributed by atoms with van der Waals surface area (Å²) in [5.74, 6) is -0.970. The predicted octanol–water partition coefficient (Wildman–Crippen LogP) is 2.95. The number of anilines is 2. The van der Waals surface area contributed by atoms with Gasteiger partial charge in [0.1, 0.15) is 0 Å². The van der Waals surface area contributed by atoms with Gasteiger partial charge in [-0.15, -0.1) is 0 Å². The number of carbonyl (C=O) groups is 3. The molecule has 0 radical (unpaired) electrons. The molecule has 0 aliphatic heterocycles. The predicted molar refractivity (Wildman–Crippen MR) is 89.0 cm³/mol. The lowest BCUT2D eigenvalue weighted by Gasteiger charge is -2.19. The minimum absolute atomic E-state index is 0.166. The third kappa shape index (κ3) is 7.44. The lowest BCUT2D eigenvalue weighted by atomic mass is 9.92. The standard InChI is InChI=1S/C17H24N2O4/c1-11(23-15(21)10-17(3,4)5)16(22)19-14-8-6-13(7-9-14)18-12(2)20/h6-9,11H,10H2,1-5H3,(H,18,20)(H,19,22)/t11-/m1/s1. The zero-order chi connectivity index (χ0) is 17.6. The van der Waals surface area contributed by atoms with Crippen LogP contribution < -0.4 is 10.6 Å². The SMILES string of the molecule is CC(=O)Nc1ccc(NC(=O)[C@@H](C)OC(=O)CC(C)(C)C)cc1. The van der Waals surface area contributed by atoms with Crippen molar-refractivity contribution in [3.63, 3.8) is 0 Å². The highest BCUT2D eigenvalue weighted by Crippen LogP contribution is 2.19. The topological polar surface area (TPSA) is 84.5 Å². The molecule has 0 unspecified atom stereocenters. The van der Waals surface area contributed by atoms with Gasteiger partial charge in [-0.2, -0.15) is 0 Å². The summed E-state index contributed by atoms with van der Waals surface area (Å²) in [4.78, 5) is 34.7. The second-order valence-electron chi connectivity index (χ2n) is 6.62. The number of amides is 2. The van der Waals surface area contributed by atoms with E-state index in [-0.39, 0.29) is 17.7 Å². The van der Waals surface area contributed by atoms with Gasteiger partial charge < -0.3 is 15.4 Å². The Bertz CT molecular complexity index is 573. The van der Waals surface area contributed by atoms with Crippen molar-refractivity contribution < 1.29 is 19.1 Å². The van der Waals surface area contributed by atoms with Gasteiger partial charge in [0.05, 0.1) is 6.42 Å². The third-order valence-electron chi connectivity index (χ3n) is 2.82. The van der Waals surface area contributed by atoms with E-state index in [4.69, 9.17) is 4.74 Å². The van der Waals surface area contributed by atoms with Gasteiger partial charge in [-0.1, -0.05) is 20.8 Å². The van der Waals surface area contributed by atoms with Crippen LogP contribution in [0.5, 0.6) is 0 Å². The normalized spacial score (nSPS) is 12.2. The lowest BCUT2D eigenvalue weighted by molar-refractivity contribution is -0.154. The van der Waals surface area contributed by atoms with Crippen molar-refractivity contribution in [1.29, 1.82) is 0 Å². The summed E-state index contributed by atoms with van der Waals surface area (Å²) in [6.07, 6.45) is -0.629. The largest absolute Gasteiger partial charge is 0.453 e. The molecule has 0 fully saturated rings. The van der Waals surface area contributed by atoms with E-state index in [2.05, 4.69) is 10.6 Å². The highest BCUT2D eigenvalue weighted by molar-refractivity contribution is 5.95. The quantitative estimate of drug-likeness (QED) is 0.817. The van der Waals surface area contributed by atoms with Crippen LogP contribution in [0.3, 0.4) is 0 Å². The zero-order valence-electron chi connectivity index (χ0n) is 14.2. The Balaban J connectivity index is 2.54. The maximum Gasteiger partial charge on any atom is 0.307 e. The highest BCUT2D eigenvalue weighted by Gasteiger charge is 2.22. The van der Waals surface area contributed by atoms with E-state index in [0.717, 1.165) is 0 Å². The maximum absolute atomic E-state index is 12.0. The average Bonchev–Trinajstić information content (AvgIpc) is 2.37. The Morgan fingerprint density at radius 1 is 1.04 bits per heavy atom. The Labute approximate surface area is 136 Å². The number of esters is 1. The van der Waals surface area contributed by atoms with E-state index in [1.807, 2.05) is 20.8 Å². The van der Waals surface area contributed by atoms with E-state index in [9.17, 15) is 14.4 Å². The molecule has 1 aromatic rings. The van der Waals surface area contributed by atoms with Crippen molar-refractivity contribution in [3.05, 3.63) is 24.3 Å². The smallest absolute Gasteiger partial charge is 0.307 e. The van der Waals surface area contributed by atoms with Crippen molar-refractivity contribution in [2.24, 2.45) is 5.41 Å². The fraction of sp³-hybridized carbons (Fsp3) is 0.471. The first-order chi connectivity index (χ1) is 10.6. The maximum atomic E-state index is 12.0. The Morgan fingerprint density at radius 3 is 1.96 bits per heavy atom. The Kier molecular flexibility index (Phi) is 6.30. The van der Waals surface area contributed by atoms with Gasteiger partial charge in [0.25, 0.3) is 5.91 Å². The number of benzene rings is 1. The molecule has 1 rings (SSSR count). The minimum atomic E-state index is -0.875. The van der Waals surface area contributed by atoms with Crippen molar-refractivity contribution in [1.82, 2.24) is 0 Å². The van der Waals surface area contributed by atoms with Crippen molar-refractivity contribution in [2.45, 2.75) is 47.1 Å². The molecule has 6 nitrogen and oxygen atoms in total. The van der Waals surface area contributed by atoms with Crippen molar-refractivity contribution in [3.8, 4) is 0 Å². The van der Waals surface area contributed by atoms with Crippen LogP contribution in [0.15, 0.2) is 24.3 Å². The van der Waals surface area contributed by atoms with Crippen LogP contribution in [0.4, 0.5) is 11.4 Å². The molecule has 1 atom stereocenters. The second-order valence-corrected chi connectivity index (χ2v) is 6.62. The molecule has 2 amide bonds. The summed E-state index contributed by atoms with van der Waals surface area (Å²) in [6.45, 7) is 8.73. The van der Waals surface area contributed by atoms with Crippen LogP contribution in [0.1, 0.15) is 41.0 Å². The van der Waals surface area contributed by atoms with Crippen LogP contribution in [-0.2, 0) is 19.1 Å². The number of nitrogens with one attached hydrogen (secondary N) is 2. The monoisotopic (exact) mass is 320 g/mol. The van der Waals surface area contributed by atoms with Crippen molar-refractivity contribution >= 4 is 29.2 Å². The van der Waals surface area contributed by atoms with Crippen LogP contribution in [0, 0.1) is 5.41 Å². The molecule has 6 heteroatoms. The molecule has 0 saturated carbocycles. The number of hydrogen-bond donors (Lipinski definition) is 2. The average molecular weight is 320 g/mol. The summed E-state index contributed by atoms with van der Waals surface area (Å²) < 4.78 is 5.13. The fourth-order valence-electron chi connectivity index (χ4n) is 1.81. The van der Waals surface area contributed by atoms with Gasteiger partial charge >= 0.3 is 5.97 Å². The van der Waals surface area contributed by atoms with Gasteiger partial charge in [-0.05, 0) is 36.6 Å². The van der Waals surface area contributed by atoms with Gasteiger partial charge in [-0.25, -0.2) is 0 Å². The van der Waals surface area contributed by atoms with Crippen LogP contribution in [0.2, 0.25) is 0 Å². The van der Waals surface area contributed by atoms with Gasteiger partial charge in [-0.3, -0.25) is 14.4 Å². The highest BCUT2D eigenvalue weighted by atomic mass is 16.5. The molecular formula is C17H24N2O4. The molecule has 23 heavy (non-hydrogen) atoms. The van der Waals surface area contributed by atoms with E-state index >= 15 is 0 Å². The van der Waals surface area contributed by atoms with E-state index < -0.39 is 18.0 Å². The molecular weight excluding hydrogens is 296 g/mol. The van der Waals surface area contributed by atoms with Crippen LogP contribution >= 0.6 is 0 Å². The third-order valence-corrected chi connectivity index (χ3v) is 2.82. The van der Waals surface area contributed by atoms with Crippen LogP contribution in [-0.4, -0.2) is 23.9 Å². The number of carbonyl (C=O) groups excluding carboxylic acids is 3. The van der Waals surface area contributed by atoms with Gasteiger partial charge in [0.15, 0.2) is 6.10 Å². The number of ether oxygens (including phenoxy) is 1. The van der Waals surface area contributed by atoms with Gasteiger partial charge in [0.2, 0.25) is 5.91 Å². The van der Waals surface area contributed by atoms with Gasteiger partial charge in [0, 0.05) is 18.3 Å². The Morgan fingerprint density at radius 2 is 1.52 bits per heavy atom. The molecule has 1 aromatic carbocycles. The molecule has 126 valence electrons. The lowest BCUT2D eigenvalue weighted by Crippen LogP contribution is -2.31.